The van der Waals surface area contributed by atoms with Crippen molar-refractivity contribution >= 4 is 47.5 Å². The van der Waals surface area contributed by atoms with Gasteiger partial charge < -0.3 is 15.4 Å². The van der Waals surface area contributed by atoms with Crippen molar-refractivity contribution < 1.29 is 13.9 Å². The number of nitrogens with zero attached hydrogens (tertiary/aromatic N) is 1. The Bertz CT molecular complexity index is 617. The monoisotopic (exact) mass is 511 g/mol. The topological polar surface area (TPSA) is 62.7 Å². The molecule has 0 unspecified atom stereocenters. The number of benzene rings is 1. The van der Waals surface area contributed by atoms with Crippen LogP contribution < -0.4 is 10.6 Å². The minimum Gasteiger partial charge on any atom is -0.466 e. The number of hydrogen-bond acceptors (Lipinski definition) is 3. The highest BCUT2D eigenvalue weighted by atomic mass is 127. The molecule has 1 fully saturated rings. The molecule has 0 amide bonds. The Morgan fingerprint density at radius 3 is 2.63 bits per heavy atom. The molecule has 152 valence electrons. The van der Waals surface area contributed by atoms with Crippen LogP contribution in [-0.4, -0.2) is 38.2 Å². The van der Waals surface area contributed by atoms with E-state index in [4.69, 9.17) is 16.3 Å². The van der Waals surface area contributed by atoms with Crippen molar-refractivity contribution in [2.24, 2.45) is 10.9 Å². The summed E-state index contributed by atoms with van der Waals surface area (Å²) in [5, 5.41) is 7.01. The van der Waals surface area contributed by atoms with E-state index in [1.807, 2.05) is 6.92 Å². The number of guanidine groups is 1. The summed E-state index contributed by atoms with van der Waals surface area (Å²) in [6, 6.07) is 4.97. The molecule has 5 nitrogen and oxygen atoms in total. The van der Waals surface area contributed by atoms with Crippen LogP contribution in [-0.2, 0) is 16.0 Å². The first-order chi connectivity index (χ1) is 12.5. The Morgan fingerprint density at radius 1 is 1.33 bits per heavy atom. The van der Waals surface area contributed by atoms with E-state index in [1.54, 1.807) is 19.2 Å². The highest BCUT2D eigenvalue weighted by molar-refractivity contribution is 14.0. The van der Waals surface area contributed by atoms with Gasteiger partial charge in [0, 0.05) is 30.2 Å². The lowest BCUT2D eigenvalue weighted by Gasteiger charge is -2.29. The molecule has 2 N–H and O–H groups in total. The fourth-order valence-corrected chi connectivity index (χ4v) is 3.46. The van der Waals surface area contributed by atoms with Gasteiger partial charge in [-0.1, -0.05) is 17.7 Å². The smallest absolute Gasteiger partial charge is 0.308 e. The maximum Gasteiger partial charge on any atom is 0.308 e. The molecule has 1 aromatic rings. The van der Waals surface area contributed by atoms with Gasteiger partial charge in [0.2, 0.25) is 0 Å². The first-order valence-corrected chi connectivity index (χ1v) is 9.49. The molecule has 0 spiro atoms. The van der Waals surface area contributed by atoms with Crippen LogP contribution >= 0.6 is 35.6 Å². The number of aliphatic imine (C=N–C) groups is 1. The second-order valence-corrected chi connectivity index (χ2v) is 6.80. The molecule has 1 aromatic carbocycles. The minimum absolute atomic E-state index is 0. The number of rotatable bonds is 6. The third-order valence-corrected chi connectivity index (χ3v) is 4.99. The van der Waals surface area contributed by atoms with Gasteiger partial charge in [-0.3, -0.25) is 9.79 Å². The van der Waals surface area contributed by atoms with Gasteiger partial charge in [0.25, 0.3) is 0 Å². The average molecular weight is 512 g/mol. The van der Waals surface area contributed by atoms with Gasteiger partial charge in [0.15, 0.2) is 5.96 Å². The number of carbonyl (C=O) groups excluding carboxylic acids is 1. The standard InChI is InChI=1S/C19H27ClFN3O2.HI/c1-3-26-18(25)13-7-9-14(10-8-13)24-19(22-2)23-12-11-15-16(20)5-4-6-17(15)21;/h4-6,13-14H,3,7-12H2,1-2H3,(H2,22,23,24);1H. The van der Waals surface area contributed by atoms with Crippen LogP contribution in [0.1, 0.15) is 38.2 Å². The van der Waals surface area contributed by atoms with Crippen LogP contribution in [0.4, 0.5) is 4.39 Å². The van der Waals surface area contributed by atoms with E-state index in [-0.39, 0.29) is 47.7 Å². The van der Waals surface area contributed by atoms with E-state index < -0.39 is 0 Å². The van der Waals surface area contributed by atoms with Crippen molar-refractivity contribution in [3.05, 3.63) is 34.6 Å². The van der Waals surface area contributed by atoms with Crippen molar-refractivity contribution in [2.75, 3.05) is 20.2 Å². The summed E-state index contributed by atoms with van der Waals surface area (Å²) >= 11 is 6.04. The predicted molar refractivity (Wildman–Crippen MR) is 117 cm³/mol. The molecule has 8 heteroatoms. The van der Waals surface area contributed by atoms with Gasteiger partial charge in [0.1, 0.15) is 5.82 Å². The van der Waals surface area contributed by atoms with Crippen LogP contribution in [0, 0.1) is 11.7 Å². The molecule has 2 rings (SSSR count). The van der Waals surface area contributed by atoms with Crippen LogP contribution in [0.25, 0.3) is 0 Å². The van der Waals surface area contributed by atoms with Gasteiger partial charge in [-0.05, 0) is 51.2 Å². The van der Waals surface area contributed by atoms with E-state index in [1.165, 1.54) is 6.07 Å². The zero-order valence-corrected chi connectivity index (χ0v) is 18.9. The van der Waals surface area contributed by atoms with E-state index in [2.05, 4.69) is 15.6 Å². The predicted octanol–water partition coefficient (Wildman–Crippen LogP) is 3.93. The van der Waals surface area contributed by atoms with Crippen molar-refractivity contribution in [3.8, 4) is 0 Å². The highest BCUT2D eigenvalue weighted by Gasteiger charge is 2.27. The Morgan fingerprint density at radius 2 is 2.04 bits per heavy atom. The molecule has 0 saturated heterocycles. The molecule has 0 bridgehead atoms. The average Bonchev–Trinajstić information content (AvgIpc) is 2.64. The van der Waals surface area contributed by atoms with Crippen molar-refractivity contribution in [1.82, 2.24) is 10.6 Å². The van der Waals surface area contributed by atoms with E-state index in [9.17, 15) is 9.18 Å². The quantitative estimate of drug-likeness (QED) is 0.263. The van der Waals surface area contributed by atoms with Crippen LogP contribution in [0.3, 0.4) is 0 Å². The Labute approximate surface area is 182 Å². The Balaban J connectivity index is 0.00000364. The van der Waals surface area contributed by atoms with Crippen molar-refractivity contribution in [3.63, 3.8) is 0 Å². The zero-order chi connectivity index (χ0) is 18.9. The van der Waals surface area contributed by atoms with Crippen LogP contribution in [0.15, 0.2) is 23.2 Å². The van der Waals surface area contributed by atoms with Gasteiger partial charge in [-0.25, -0.2) is 4.39 Å². The Hall–Kier alpha value is -1.09. The fourth-order valence-electron chi connectivity index (χ4n) is 3.20. The number of ether oxygens (including phenoxy) is 1. The molecule has 27 heavy (non-hydrogen) atoms. The molecule has 1 saturated carbocycles. The van der Waals surface area contributed by atoms with E-state index >= 15 is 0 Å². The molecule has 1 aliphatic rings. The molecular weight excluding hydrogens is 484 g/mol. The lowest BCUT2D eigenvalue weighted by atomic mass is 9.86. The Kier molecular flexibility index (Phi) is 11.0. The second-order valence-electron chi connectivity index (χ2n) is 6.39. The molecular formula is C19H28ClFIN3O2. The zero-order valence-electron chi connectivity index (χ0n) is 15.8. The number of nitrogens with one attached hydrogen (secondary N) is 2. The van der Waals surface area contributed by atoms with Crippen LogP contribution in [0.2, 0.25) is 5.02 Å². The number of halogens is 3. The lowest BCUT2D eigenvalue weighted by molar-refractivity contribution is -0.149. The SMILES string of the molecule is CCOC(=O)C1CCC(NC(=NC)NCCc2c(F)cccc2Cl)CC1.I. The van der Waals surface area contributed by atoms with Crippen molar-refractivity contribution in [1.29, 1.82) is 0 Å². The van der Waals surface area contributed by atoms with Gasteiger partial charge in [-0.15, -0.1) is 24.0 Å². The summed E-state index contributed by atoms with van der Waals surface area (Å²) in [6.45, 7) is 2.79. The largest absolute Gasteiger partial charge is 0.466 e. The molecule has 0 atom stereocenters. The maximum absolute atomic E-state index is 13.8. The number of hydrogen-bond donors (Lipinski definition) is 2. The van der Waals surface area contributed by atoms with Crippen molar-refractivity contribution in [2.45, 2.75) is 45.1 Å². The third-order valence-electron chi connectivity index (χ3n) is 4.64. The van der Waals surface area contributed by atoms with Gasteiger partial charge >= 0.3 is 5.97 Å². The second kappa shape index (κ2) is 12.4. The van der Waals surface area contributed by atoms with E-state index in [0.717, 1.165) is 25.7 Å². The summed E-state index contributed by atoms with van der Waals surface area (Å²) in [6.07, 6.45) is 3.89. The summed E-state index contributed by atoms with van der Waals surface area (Å²) < 4.78 is 18.9. The van der Waals surface area contributed by atoms with Gasteiger partial charge in [0.05, 0.1) is 12.5 Å². The molecule has 0 heterocycles. The van der Waals surface area contributed by atoms with Crippen LogP contribution in [0.5, 0.6) is 0 Å². The first kappa shape index (κ1) is 23.9. The maximum atomic E-state index is 13.8. The normalized spacial score (nSPS) is 19.8. The fraction of sp³-hybridized carbons (Fsp3) is 0.579. The molecule has 0 radical (unpaired) electrons. The van der Waals surface area contributed by atoms with E-state index in [0.29, 0.717) is 36.1 Å². The highest BCUT2D eigenvalue weighted by Crippen LogP contribution is 2.25. The first-order valence-electron chi connectivity index (χ1n) is 9.11. The molecule has 0 aromatic heterocycles. The summed E-state index contributed by atoms with van der Waals surface area (Å²) in [5.41, 5.74) is 0.507. The third kappa shape index (κ3) is 7.44. The lowest BCUT2D eigenvalue weighted by Crippen LogP contribution is -2.45. The van der Waals surface area contributed by atoms with Gasteiger partial charge in [-0.2, -0.15) is 0 Å². The summed E-state index contributed by atoms with van der Waals surface area (Å²) in [5.74, 6) is 0.304. The number of esters is 1. The summed E-state index contributed by atoms with van der Waals surface area (Å²) in [4.78, 5) is 16.0. The minimum atomic E-state index is -0.292. The molecule has 0 aliphatic heterocycles. The molecule has 1 aliphatic carbocycles. The number of carbonyl (C=O) groups is 1. The summed E-state index contributed by atoms with van der Waals surface area (Å²) in [7, 11) is 1.70.